The van der Waals surface area contributed by atoms with Gasteiger partial charge in [0.15, 0.2) is 0 Å². The van der Waals surface area contributed by atoms with Crippen molar-refractivity contribution in [3.05, 3.63) is 35.6 Å². The maximum absolute atomic E-state index is 13.1. The van der Waals surface area contributed by atoms with E-state index in [1.54, 1.807) is 17.0 Å². The molecule has 2 atom stereocenters. The second kappa shape index (κ2) is 6.03. The number of carboxylic acid groups (broad SMARTS) is 1. The smallest absolute Gasteiger partial charge is 0.308 e. The van der Waals surface area contributed by atoms with E-state index < -0.39 is 11.9 Å². The first-order chi connectivity index (χ1) is 9.47. The Hall–Kier alpha value is -1.91. The number of aliphatic carboxylic acids is 1. The van der Waals surface area contributed by atoms with Gasteiger partial charge >= 0.3 is 5.97 Å². The fraction of sp³-hybridized carbons (Fsp3) is 0.467. The van der Waals surface area contributed by atoms with E-state index in [1.165, 1.54) is 12.1 Å². The molecule has 0 radical (unpaired) electrons. The minimum atomic E-state index is -0.849. The number of hydrogen-bond acceptors (Lipinski definition) is 2. The van der Waals surface area contributed by atoms with Crippen LogP contribution in [0.15, 0.2) is 24.3 Å². The summed E-state index contributed by atoms with van der Waals surface area (Å²) in [5.41, 5.74) is 0.785. The molecule has 0 aliphatic carbocycles. The van der Waals surface area contributed by atoms with E-state index in [1.807, 2.05) is 6.92 Å². The van der Waals surface area contributed by atoms with Gasteiger partial charge in [0.1, 0.15) is 5.82 Å². The third-order valence-corrected chi connectivity index (χ3v) is 3.79. The molecule has 1 aliphatic heterocycles. The molecule has 108 valence electrons. The summed E-state index contributed by atoms with van der Waals surface area (Å²) >= 11 is 0. The SMILES string of the molecule is C[C@@H](CC(=O)N1CC[C@@H](C(=O)O)C1)c1cccc(F)c1. The molecular formula is C15H18FNO3. The fourth-order valence-corrected chi connectivity index (χ4v) is 2.51. The number of benzene rings is 1. The van der Waals surface area contributed by atoms with Crippen LogP contribution in [0.3, 0.4) is 0 Å². The molecular weight excluding hydrogens is 261 g/mol. The lowest BCUT2D eigenvalue weighted by molar-refractivity contribution is -0.141. The third kappa shape index (κ3) is 3.35. The molecule has 1 saturated heterocycles. The molecule has 5 heteroatoms. The first-order valence-electron chi connectivity index (χ1n) is 6.73. The van der Waals surface area contributed by atoms with Crippen molar-refractivity contribution in [1.82, 2.24) is 4.90 Å². The van der Waals surface area contributed by atoms with Crippen molar-refractivity contribution >= 4 is 11.9 Å². The third-order valence-electron chi connectivity index (χ3n) is 3.79. The van der Waals surface area contributed by atoms with Gasteiger partial charge in [-0.2, -0.15) is 0 Å². The molecule has 1 amide bonds. The van der Waals surface area contributed by atoms with Crippen molar-refractivity contribution < 1.29 is 19.1 Å². The highest BCUT2D eigenvalue weighted by Gasteiger charge is 2.31. The van der Waals surface area contributed by atoms with Gasteiger partial charge in [-0.25, -0.2) is 4.39 Å². The van der Waals surface area contributed by atoms with Crippen LogP contribution >= 0.6 is 0 Å². The zero-order valence-electron chi connectivity index (χ0n) is 11.4. The summed E-state index contributed by atoms with van der Waals surface area (Å²) in [6, 6.07) is 6.23. The number of carbonyl (C=O) groups excluding carboxylic acids is 1. The van der Waals surface area contributed by atoms with E-state index in [2.05, 4.69) is 0 Å². The Morgan fingerprint density at radius 1 is 1.50 bits per heavy atom. The van der Waals surface area contributed by atoms with E-state index in [-0.39, 0.29) is 30.6 Å². The lowest BCUT2D eigenvalue weighted by Crippen LogP contribution is -2.30. The second-order valence-electron chi connectivity index (χ2n) is 5.32. The van der Waals surface area contributed by atoms with Gasteiger partial charge in [-0.15, -0.1) is 0 Å². The van der Waals surface area contributed by atoms with Crippen molar-refractivity contribution in [2.24, 2.45) is 5.92 Å². The maximum Gasteiger partial charge on any atom is 0.308 e. The molecule has 0 saturated carbocycles. The normalized spacial score (nSPS) is 19.9. The van der Waals surface area contributed by atoms with Crippen molar-refractivity contribution in [3.63, 3.8) is 0 Å². The number of likely N-dealkylation sites (tertiary alicyclic amines) is 1. The number of carbonyl (C=O) groups is 2. The van der Waals surface area contributed by atoms with E-state index in [9.17, 15) is 14.0 Å². The molecule has 0 aromatic heterocycles. The number of carboxylic acids is 1. The molecule has 0 unspecified atom stereocenters. The number of hydrogen-bond donors (Lipinski definition) is 1. The highest BCUT2D eigenvalue weighted by atomic mass is 19.1. The minimum absolute atomic E-state index is 0.0643. The van der Waals surface area contributed by atoms with Crippen LogP contribution < -0.4 is 0 Å². The van der Waals surface area contributed by atoms with Crippen LogP contribution in [0.1, 0.15) is 31.2 Å². The second-order valence-corrected chi connectivity index (χ2v) is 5.32. The highest BCUT2D eigenvalue weighted by molar-refractivity contribution is 5.79. The van der Waals surface area contributed by atoms with Crippen molar-refractivity contribution in [1.29, 1.82) is 0 Å². The van der Waals surface area contributed by atoms with Gasteiger partial charge in [0.25, 0.3) is 0 Å². The average Bonchev–Trinajstić information content (AvgIpc) is 2.88. The number of amides is 1. The lowest BCUT2D eigenvalue weighted by atomic mass is 9.97. The summed E-state index contributed by atoms with van der Waals surface area (Å²) in [6.07, 6.45) is 0.783. The fourth-order valence-electron chi connectivity index (χ4n) is 2.51. The monoisotopic (exact) mass is 279 g/mol. The molecule has 1 N–H and O–H groups in total. The van der Waals surface area contributed by atoms with E-state index in [0.29, 0.717) is 13.0 Å². The van der Waals surface area contributed by atoms with Gasteiger partial charge < -0.3 is 10.0 Å². The Bertz CT molecular complexity index is 518. The Labute approximate surface area is 117 Å². The summed E-state index contributed by atoms with van der Waals surface area (Å²) in [7, 11) is 0. The number of nitrogens with zero attached hydrogens (tertiary/aromatic N) is 1. The van der Waals surface area contributed by atoms with E-state index in [4.69, 9.17) is 5.11 Å². The van der Waals surface area contributed by atoms with Gasteiger partial charge in [0.2, 0.25) is 5.91 Å². The Balaban J connectivity index is 1.93. The Morgan fingerprint density at radius 2 is 2.25 bits per heavy atom. The summed E-state index contributed by atoms with van der Waals surface area (Å²) in [5, 5.41) is 8.92. The van der Waals surface area contributed by atoms with Crippen LogP contribution in [0.4, 0.5) is 4.39 Å². The van der Waals surface area contributed by atoms with Crippen LogP contribution in [-0.4, -0.2) is 35.0 Å². The van der Waals surface area contributed by atoms with Crippen molar-refractivity contribution in [2.75, 3.05) is 13.1 Å². The molecule has 1 heterocycles. The average molecular weight is 279 g/mol. The van der Waals surface area contributed by atoms with Crippen molar-refractivity contribution in [3.8, 4) is 0 Å². The zero-order chi connectivity index (χ0) is 14.7. The molecule has 1 fully saturated rings. The first-order valence-corrected chi connectivity index (χ1v) is 6.73. The quantitative estimate of drug-likeness (QED) is 0.919. The molecule has 4 nitrogen and oxygen atoms in total. The Kier molecular flexibility index (Phi) is 4.37. The maximum atomic E-state index is 13.1. The van der Waals surface area contributed by atoms with Gasteiger partial charge in [-0.1, -0.05) is 19.1 Å². The minimum Gasteiger partial charge on any atom is -0.481 e. The van der Waals surface area contributed by atoms with Gasteiger partial charge in [-0.3, -0.25) is 9.59 Å². The predicted molar refractivity (Wildman–Crippen MR) is 71.8 cm³/mol. The lowest BCUT2D eigenvalue weighted by Gasteiger charge is -2.19. The van der Waals surface area contributed by atoms with E-state index >= 15 is 0 Å². The van der Waals surface area contributed by atoms with Gasteiger partial charge in [0, 0.05) is 19.5 Å². The standard InChI is InChI=1S/C15H18FNO3/c1-10(11-3-2-4-13(16)8-11)7-14(18)17-6-5-12(9-17)15(19)20/h2-4,8,10,12H,5-7,9H2,1H3,(H,19,20)/t10-,12+/m0/s1. The Morgan fingerprint density at radius 3 is 2.85 bits per heavy atom. The molecule has 0 bridgehead atoms. The first kappa shape index (κ1) is 14.5. The van der Waals surface area contributed by atoms with Crippen LogP contribution in [-0.2, 0) is 9.59 Å². The highest BCUT2D eigenvalue weighted by Crippen LogP contribution is 2.23. The van der Waals surface area contributed by atoms with Gasteiger partial charge in [0.05, 0.1) is 5.92 Å². The van der Waals surface area contributed by atoms with E-state index in [0.717, 1.165) is 5.56 Å². The van der Waals surface area contributed by atoms with Gasteiger partial charge in [-0.05, 0) is 30.0 Å². The topological polar surface area (TPSA) is 57.6 Å². The number of rotatable bonds is 4. The molecule has 20 heavy (non-hydrogen) atoms. The molecule has 2 rings (SSSR count). The molecule has 1 aliphatic rings. The summed E-state index contributed by atoms with van der Waals surface area (Å²) in [5.74, 6) is -1.76. The number of halogens is 1. The van der Waals surface area contributed by atoms with Crippen LogP contribution in [0, 0.1) is 11.7 Å². The van der Waals surface area contributed by atoms with Crippen LogP contribution in [0.2, 0.25) is 0 Å². The predicted octanol–water partition coefficient (Wildman–Crippen LogP) is 2.25. The van der Waals surface area contributed by atoms with Crippen molar-refractivity contribution in [2.45, 2.75) is 25.7 Å². The summed E-state index contributed by atoms with van der Waals surface area (Å²) < 4.78 is 13.1. The van der Waals surface area contributed by atoms with Crippen LogP contribution in [0.25, 0.3) is 0 Å². The molecule has 1 aromatic carbocycles. The van der Waals surface area contributed by atoms with Crippen LogP contribution in [0.5, 0.6) is 0 Å². The molecule has 0 spiro atoms. The molecule has 1 aromatic rings. The largest absolute Gasteiger partial charge is 0.481 e. The summed E-state index contributed by atoms with van der Waals surface area (Å²) in [6.45, 7) is 2.65. The zero-order valence-corrected chi connectivity index (χ0v) is 11.4. The summed E-state index contributed by atoms with van der Waals surface area (Å²) in [4.78, 5) is 24.6.